The van der Waals surface area contributed by atoms with Crippen molar-refractivity contribution in [3.8, 4) is 11.1 Å². The van der Waals surface area contributed by atoms with E-state index in [-0.39, 0.29) is 11.7 Å². The van der Waals surface area contributed by atoms with Crippen molar-refractivity contribution in [2.24, 2.45) is 5.92 Å². The van der Waals surface area contributed by atoms with Crippen molar-refractivity contribution in [2.75, 3.05) is 6.61 Å². The van der Waals surface area contributed by atoms with Gasteiger partial charge in [-0.2, -0.15) is 0 Å². The lowest BCUT2D eigenvalue weighted by Crippen LogP contribution is -2.20. The maximum Gasteiger partial charge on any atom is 0.269 e. The highest BCUT2D eigenvalue weighted by molar-refractivity contribution is 5.64. The summed E-state index contributed by atoms with van der Waals surface area (Å²) >= 11 is 0. The lowest BCUT2D eigenvalue weighted by atomic mass is 9.91. The van der Waals surface area contributed by atoms with E-state index >= 15 is 0 Å². The van der Waals surface area contributed by atoms with Gasteiger partial charge < -0.3 is 4.74 Å². The summed E-state index contributed by atoms with van der Waals surface area (Å²) in [6, 6.07) is 9.13. The summed E-state index contributed by atoms with van der Waals surface area (Å²) in [6.07, 6.45) is 1.28. The Bertz CT molecular complexity index is 711. The molecule has 0 saturated carbocycles. The molecule has 0 N–H and O–H groups in total. The normalized spacial score (nSPS) is 20.5. The molecule has 26 heavy (non-hydrogen) atoms. The lowest BCUT2D eigenvalue weighted by molar-refractivity contribution is -0.0194. The molecule has 1 nitrogen and oxygen atoms in total. The fourth-order valence-electron chi connectivity index (χ4n) is 3.55. The van der Waals surface area contributed by atoms with Crippen LogP contribution in [0.25, 0.3) is 11.1 Å². The number of hydrogen-bond acceptors (Lipinski definition) is 1. The van der Waals surface area contributed by atoms with Crippen LogP contribution >= 0.6 is 0 Å². The molecule has 0 radical (unpaired) electrons. The van der Waals surface area contributed by atoms with Gasteiger partial charge in [-0.3, -0.25) is 0 Å². The minimum absolute atomic E-state index is 0.0341. The van der Waals surface area contributed by atoms with Crippen LogP contribution in [0.1, 0.15) is 56.3 Å². The molecule has 1 fully saturated rings. The molecular weight excluding hydrogens is 344 g/mol. The second-order valence-electron chi connectivity index (χ2n) is 6.83. The molecule has 2 aromatic rings. The van der Waals surface area contributed by atoms with Crippen LogP contribution in [0.15, 0.2) is 36.4 Å². The summed E-state index contributed by atoms with van der Waals surface area (Å²) in [7, 11) is 0. The molecule has 2 unspecified atom stereocenters. The summed E-state index contributed by atoms with van der Waals surface area (Å²) in [5, 5.41) is 0. The molecule has 2 atom stereocenters. The van der Waals surface area contributed by atoms with Crippen LogP contribution in [0.3, 0.4) is 0 Å². The van der Waals surface area contributed by atoms with Crippen molar-refractivity contribution in [2.45, 2.75) is 45.1 Å². The van der Waals surface area contributed by atoms with E-state index in [1.165, 1.54) is 6.42 Å². The lowest BCUT2D eigenvalue weighted by Gasteiger charge is -2.29. The average Bonchev–Trinajstić information content (AvgIpc) is 2.62. The van der Waals surface area contributed by atoms with E-state index in [9.17, 15) is 17.6 Å². The Hall–Kier alpha value is -1.88. The predicted molar refractivity (Wildman–Crippen MR) is 93.1 cm³/mol. The number of hydrogen-bond donors (Lipinski definition) is 0. The van der Waals surface area contributed by atoms with Gasteiger partial charge in [0.2, 0.25) is 0 Å². The fraction of sp³-hybridized carbons (Fsp3) is 0.429. The largest absolute Gasteiger partial charge is 0.373 e. The summed E-state index contributed by atoms with van der Waals surface area (Å²) in [4.78, 5) is 0. The van der Waals surface area contributed by atoms with Crippen molar-refractivity contribution < 1.29 is 22.3 Å². The molecular formula is C21H22F4O. The summed E-state index contributed by atoms with van der Waals surface area (Å²) < 4.78 is 58.8. The van der Waals surface area contributed by atoms with Gasteiger partial charge in [0.05, 0.1) is 18.3 Å². The standard InChI is InChI=1S/C21H22F4O/c1-2-3-13-4-9-19(26-12-13)15-7-5-14(6-8-15)16-10-17(22)20(21(24)25)18(23)11-16/h5-8,10-11,13,19,21H,2-4,9,12H2,1H3. The van der Waals surface area contributed by atoms with Crippen molar-refractivity contribution in [1.82, 2.24) is 0 Å². The van der Waals surface area contributed by atoms with Crippen LogP contribution in [0.4, 0.5) is 17.6 Å². The summed E-state index contributed by atoms with van der Waals surface area (Å²) in [5.41, 5.74) is 0.659. The molecule has 0 bridgehead atoms. The van der Waals surface area contributed by atoms with Crippen molar-refractivity contribution in [3.05, 3.63) is 59.2 Å². The second-order valence-corrected chi connectivity index (χ2v) is 6.83. The van der Waals surface area contributed by atoms with Crippen LogP contribution in [0.5, 0.6) is 0 Å². The number of halogens is 4. The Kier molecular flexibility index (Phi) is 5.97. The topological polar surface area (TPSA) is 9.23 Å². The van der Waals surface area contributed by atoms with Crippen molar-refractivity contribution in [1.29, 1.82) is 0 Å². The van der Waals surface area contributed by atoms with E-state index in [1.807, 2.05) is 12.1 Å². The van der Waals surface area contributed by atoms with Gasteiger partial charge in [-0.15, -0.1) is 0 Å². The highest BCUT2D eigenvalue weighted by Crippen LogP contribution is 2.34. The number of rotatable bonds is 5. The predicted octanol–water partition coefficient (Wildman–Crippen LogP) is 6.84. The highest BCUT2D eigenvalue weighted by Gasteiger charge is 2.23. The Morgan fingerprint density at radius 1 is 1.00 bits per heavy atom. The molecule has 0 amide bonds. The third-order valence-electron chi connectivity index (χ3n) is 4.98. The van der Waals surface area contributed by atoms with E-state index in [0.29, 0.717) is 11.5 Å². The highest BCUT2D eigenvalue weighted by atomic mass is 19.3. The molecule has 2 aromatic carbocycles. The van der Waals surface area contributed by atoms with Gasteiger partial charge in [-0.05, 0) is 54.0 Å². The van der Waals surface area contributed by atoms with Gasteiger partial charge in [0.1, 0.15) is 11.6 Å². The molecule has 0 spiro atoms. The smallest absolute Gasteiger partial charge is 0.269 e. The van der Waals surface area contributed by atoms with E-state index in [0.717, 1.165) is 43.6 Å². The summed E-state index contributed by atoms with van der Waals surface area (Å²) in [6.45, 7) is 2.93. The number of ether oxygens (including phenoxy) is 1. The van der Waals surface area contributed by atoms with Gasteiger partial charge in [0, 0.05) is 0 Å². The zero-order valence-electron chi connectivity index (χ0n) is 14.7. The van der Waals surface area contributed by atoms with E-state index in [4.69, 9.17) is 4.74 Å². The van der Waals surface area contributed by atoms with Gasteiger partial charge in [0.15, 0.2) is 0 Å². The maximum atomic E-state index is 13.8. The average molecular weight is 366 g/mol. The first-order chi connectivity index (χ1) is 12.5. The Balaban J connectivity index is 1.74. The van der Waals surface area contributed by atoms with Crippen LogP contribution in [-0.2, 0) is 4.74 Å². The van der Waals surface area contributed by atoms with Crippen LogP contribution < -0.4 is 0 Å². The number of alkyl halides is 2. The van der Waals surface area contributed by atoms with Crippen molar-refractivity contribution >= 4 is 0 Å². The molecule has 1 aliphatic heterocycles. The zero-order chi connectivity index (χ0) is 18.7. The first-order valence-electron chi connectivity index (χ1n) is 8.98. The summed E-state index contributed by atoms with van der Waals surface area (Å²) in [5.74, 6) is -1.83. The van der Waals surface area contributed by atoms with E-state index in [1.54, 1.807) is 12.1 Å². The Labute approximate surface area is 151 Å². The Morgan fingerprint density at radius 3 is 2.15 bits per heavy atom. The van der Waals surface area contributed by atoms with Crippen LogP contribution in [0, 0.1) is 17.6 Å². The molecule has 1 heterocycles. The Morgan fingerprint density at radius 2 is 1.65 bits per heavy atom. The minimum Gasteiger partial charge on any atom is -0.373 e. The second kappa shape index (κ2) is 8.21. The third-order valence-corrected chi connectivity index (χ3v) is 4.98. The van der Waals surface area contributed by atoms with E-state index in [2.05, 4.69) is 6.92 Å². The van der Waals surface area contributed by atoms with Crippen LogP contribution in [-0.4, -0.2) is 6.61 Å². The van der Waals surface area contributed by atoms with Crippen molar-refractivity contribution in [3.63, 3.8) is 0 Å². The molecule has 1 saturated heterocycles. The zero-order valence-corrected chi connectivity index (χ0v) is 14.7. The SMILES string of the molecule is CCCC1CCC(c2ccc(-c3cc(F)c(C(F)F)c(F)c3)cc2)OC1. The molecule has 5 heteroatoms. The quantitative estimate of drug-likeness (QED) is 0.527. The van der Waals surface area contributed by atoms with Gasteiger partial charge in [-0.25, -0.2) is 17.6 Å². The number of benzene rings is 2. The monoisotopic (exact) mass is 366 g/mol. The van der Waals surface area contributed by atoms with Gasteiger partial charge >= 0.3 is 0 Å². The molecule has 140 valence electrons. The molecule has 1 aliphatic rings. The molecule has 3 rings (SSSR count). The van der Waals surface area contributed by atoms with E-state index < -0.39 is 23.6 Å². The van der Waals surface area contributed by atoms with Gasteiger partial charge in [-0.1, -0.05) is 37.6 Å². The molecule has 0 aromatic heterocycles. The first kappa shape index (κ1) is 18.9. The maximum absolute atomic E-state index is 13.8. The molecule has 0 aliphatic carbocycles. The third kappa shape index (κ3) is 4.09. The first-order valence-corrected chi connectivity index (χ1v) is 8.98. The van der Waals surface area contributed by atoms with Gasteiger partial charge in [0.25, 0.3) is 6.43 Å². The van der Waals surface area contributed by atoms with Crippen LogP contribution in [0.2, 0.25) is 0 Å². The fourth-order valence-corrected chi connectivity index (χ4v) is 3.55. The minimum atomic E-state index is -3.17.